The summed E-state index contributed by atoms with van der Waals surface area (Å²) in [6.45, 7) is 5.66. The lowest BCUT2D eigenvalue weighted by Crippen LogP contribution is -2.51. The number of nitrogens with zero attached hydrogens (tertiary/aromatic N) is 5. The second-order valence-corrected chi connectivity index (χ2v) is 7.27. The number of aryl methyl sites for hydroxylation is 1. The summed E-state index contributed by atoms with van der Waals surface area (Å²) < 4.78 is 5.55. The zero-order valence-corrected chi connectivity index (χ0v) is 15.7. The number of aromatic amines is 1. The molecule has 1 unspecified atom stereocenters. The van der Waals surface area contributed by atoms with Gasteiger partial charge >= 0.3 is 0 Å². The van der Waals surface area contributed by atoms with E-state index in [4.69, 9.17) is 9.72 Å². The molecular weight excluding hydrogens is 332 g/mol. The van der Waals surface area contributed by atoms with Gasteiger partial charge in [0.25, 0.3) is 5.91 Å². The number of anilines is 2. The molecule has 2 aliphatic heterocycles. The van der Waals surface area contributed by atoms with Gasteiger partial charge in [0.05, 0.1) is 5.39 Å². The maximum absolute atomic E-state index is 12.5. The fraction of sp³-hybridized carbons (Fsp3) is 0.611. The Balaban J connectivity index is 1.54. The number of carbonyl (C=O) groups is 1. The molecule has 2 aromatic rings. The number of piperazine rings is 1. The zero-order valence-electron chi connectivity index (χ0n) is 15.7. The Morgan fingerprint density at radius 2 is 2.04 bits per heavy atom. The van der Waals surface area contributed by atoms with E-state index >= 15 is 0 Å². The number of aromatic nitrogens is 3. The number of H-pyrrole nitrogens is 1. The summed E-state index contributed by atoms with van der Waals surface area (Å²) >= 11 is 0. The maximum atomic E-state index is 12.5. The topological polar surface area (TPSA) is 77.6 Å². The largest absolute Gasteiger partial charge is 0.368 e. The number of hydrogen-bond donors (Lipinski definition) is 1. The van der Waals surface area contributed by atoms with Gasteiger partial charge in [-0.15, -0.1) is 0 Å². The Morgan fingerprint density at radius 3 is 2.69 bits per heavy atom. The molecule has 8 heteroatoms. The molecule has 1 atom stereocenters. The fourth-order valence-corrected chi connectivity index (χ4v) is 3.67. The van der Waals surface area contributed by atoms with Gasteiger partial charge in [-0.25, -0.2) is 0 Å². The van der Waals surface area contributed by atoms with Crippen LogP contribution in [-0.2, 0) is 9.53 Å². The number of fused-ring (bicyclic) bond motifs is 1. The summed E-state index contributed by atoms with van der Waals surface area (Å²) in [5.74, 6) is 1.76. The van der Waals surface area contributed by atoms with E-state index in [1.165, 1.54) is 0 Å². The van der Waals surface area contributed by atoms with Gasteiger partial charge in [0.1, 0.15) is 17.6 Å². The van der Waals surface area contributed by atoms with Crippen molar-refractivity contribution in [1.82, 2.24) is 19.9 Å². The summed E-state index contributed by atoms with van der Waals surface area (Å²) in [6.07, 6.45) is 1.59. The third-order valence-electron chi connectivity index (χ3n) is 5.09. The molecule has 0 aliphatic carbocycles. The average molecular weight is 358 g/mol. The summed E-state index contributed by atoms with van der Waals surface area (Å²) in [7, 11) is 3.89. The van der Waals surface area contributed by atoms with Crippen LogP contribution in [0.5, 0.6) is 0 Å². The van der Waals surface area contributed by atoms with Crippen LogP contribution in [0.1, 0.15) is 18.5 Å². The Morgan fingerprint density at radius 1 is 1.27 bits per heavy atom. The second-order valence-electron chi connectivity index (χ2n) is 7.27. The number of amides is 1. The van der Waals surface area contributed by atoms with Crippen LogP contribution >= 0.6 is 0 Å². The highest BCUT2D eigenvalue weighted by Crippen LogP contribution is 2.28. The first-order valence-electron chi connectivity index (χ1n) is 9.23. The van der Waals surface area contributed by atoms with Crippen molar-refractivity contribution in [1.29, 1.82) is 0 Å². The minimum absolute atomic E-state index is 0.140. The highest BCUT2D eigenvalue weighted by atomic mass is 16.5. The van der Waals surface area contributed by atoms with Gasteiger partial charge in [0.15, 0.2) is 0 Å². The standard InChI is InChI=1S/C18H26N6O2/c1-12-11-13-15(19-12)20-18(22(2)3)21-16(13)23-6-8-24(9-7-23)17(25)14-5-4-10-26-14/h11,14H,4-10H2,1-3H3,(H,19,20,21). The Kier molecular flexibility index (Phi) is 4.44. The van der Waals surface area contributed by atoms with Gasteiger partial charge in [0, 0.05) is 52.6 Å². The van der Waals surface area contributed by atoms with Crippen LogP contribution in [-0.4, -0.2) is 78.7 Å². The van der Waals surface area contributed by atoms with Crippen LogP contribution in [0.25, 0.3) is 11.0 Å². The van der Waals surface area contributed by atoms with Crippen LogP contribution in [0, 0.1) is 6.92 Å². The lowest BCUT2D eigenvalue weighted by Gasteiger charge is -2.36. The molecule has 0 bridgehead atoms. The molecule has 0 saturated carbocycles. The predicted octanol–water partition coefficient (Wildman–Crippen LogP) is 1.16. The Hall–Kier alpha value is -2.35. The number of ether oxygens (including phenoxy) is 1. The van der Waals surface area contributed by atoms with Crippen LogP contribution < -0.4 is 9.80 Å². The van der Waals surface area contributed by atoms with Crippen molar-refractivity contribution in [3.8, 4) is 0 Å². The summed E-state index contributed by atoms with van der Waals surface area (Å²) in [5, 5.41) is 1.03. The molecule has 1 amide bonds. The number of hydrogen-bond acceptors (Lipinski definition) is 6. The molecule has 0 radical (unpaired) electrons. The second kappa shape index (κ2) is 6.75. The zero-order chi connectivity index (χ0) is 18.3. The number of rotatable bonds is 3. The molecule has 4 heterocycles. The van der Waals surface area contributed by atoms with Crippen molar-refractivity contribution in [2.45, 2.75) is 25.9 Å². The molecule has 26 heavy (non-hydrogen) atoms. The highest BCUT2D eigenvalue weighted by molar-refractivity contribution is 5.89. The van der Waals surface area contributed by atoms with Crippen molar-refractivity contribution in [2.75, 3.05) is 56.7 Å². The van der Waals surface area contributed by atoms with E-state index in [9.17, 15) is 4.79 Å². The number of carbonyl (C=O) groups excluding carboxylic acids is 1. The molecule has 1 N–H and O–H groups in total. The monoisotopic (exact) mass is 358 g/mol. The van der Waals surface area contributed by atoms with Crippen LogP contribution in [0.2, 0.25) is 0 Å². The van der Waals surface area contributed by atoms with Crippen molar-refractivity contribution in [3.63, 3.8) is 0 Å². The first-order valence-corrected chi connectivity index (χ1v) is 9.23. The molecule has 2 aliphatic rings. The molecule has 0 spiro atoms. The number of nitrogens with one attached hydrogen (secondary N) is 1. The lowest BCUT2D eigenvalue weighted by atomic mass is 10.2. The average Bonchev–Trinajstić information content (AvgIpc) is 3.29. The normalized spacial score (nSPS) is 20.8. The summed E-state index contributed by atoms with van der Waals surface area (Å²) in [6, 6.07) is 2.09. The van der Waals surface area contributed by atoms with E-state index in [-0.39, 0.29) is 12.0 Å². The van der Waals surface area contributed by atoms with E-state index in [0.29, 0.717) is 25.6 Å². The van der Waals surface area contributed by atoms with Gasteiger partial charge in [-0.05, 0) is 25.8 Å². The smallest absolute Gasteiger partial charge is 0.251 e. The minimum atomic E-state index is -0.236. The van der Waals surface area contributed by atoms with E-state index in [0.717, 1.165) is 48.5 Å². The van der Waals surface area contributed by atoms with E-state index < -0.39 is 0 Å². The molecule has 0 aromatic carbocycles. The van der Waals surface area contributed by atoms with E-state index in [2.05, 4.69) is 20.9 Å². The first kappa shape index (κ1) is 17.1. The van der Waals surface area contributed by atoms with Gasteiger partial charge < -0.3 is 24.4 Å². The van der Waals surface area contributed by atoms with Gasteiger partial charge in [-0.2, -0.15) is 9.97 Å². The maximum Gasteiger partial charge on any atom is 0.251 e. The van der Waals surface area contributed by atoms with Crippen molar-refractivity contribution < 1.29 is 9.53 Å². The minimum Gasteiger partial charge on any atom is -0.368 e. The molecule has 2 saturated heterocycles. The Bertz CT molecular complexity index is 803. The van der Waals surface area contributed by atoms with Crippen LogP contribution in [0.15, 0.2) is 6.07 Å². The molecule has 8 nitrogen and oxygen atoms in total. The molecule has 4 rings (SSSR count). The molecular formula is C18H26N6O2. The van der Waals surface area contributed by atoms with Gasteiger partial charge in [-0.3, -0.25) is 4.79 Å². The molecule has 140 valence electrons. The lowest BCUT2D eigenvalue weighted by molar-refractivity contribution is -0.141. The quantitative estimate of drug-likeness (QED) is 0.887. The Labute approximate surface area is 153 Å². The fourth-order valence-electron chi connectivity index (χ4n) is 3.67. The third-order valence-corrected chi connectivity index (χ3v) is 5.09. The van der Waals surface area contributed by atoms with Gasteiger partial charge in [-0.1, -0.05) is 0 Å². The van der Waals surface area contributed by atoms with Gasteiger partial charge in [0.2, 0.25) is 5.95 Å². The van der Waals surface area contributed by atoms with E-state index in [1.54, 1.807) is 0 Å². The van der Waals surface area contributed by atoms with Crippen LogP contribution in [0.4, 0.5) is 11.8 Å². The van der Waals surface area contributed by atoms with Crippen molar-refractivity contribution >= 4 is 28.7 Å². The highest BCUT2D eigenvalue weighted by Gasteiger charge is 2.31. The van der Waals surface area contributed by atoms with Crippen LogP contribution in [0.3, 0.4) is 0 Å². The molecule has 2 aromatic heterocycles. The van der Waals surface area contributed by atoms with E-state index in [1.807, 2.05) is 30.8 Å². The van der Waals surface area contributed by atoms with Crippen molar-refractivity contribution in [3.05, 3.63) is 11.8 Å². The summed E-state index contributed by atoms with van der Waals surface area (Å²) in [5.41, 5.74) is 1.92. The molecule has 2 fully saturated rings. The predicted molar refractivity (Wildman–Crippen MR) is 101 cm³/mol. The third kappa shape index (κ3) is 3.09. The first-order chi connectivity index (χ1) is 12.5. The SMILES string of the molecule is Cc1cc2c(N3CCN(C(=O)C4CCCO4)CC3)nc(N(C)C)nc2[nH]1. The van der Waals surface area contributed by atoms with Crippen molar-refractivity contribution in [2.24, 2.45) is 0 Å². The summed E-state index contributed by atoms with van der Waals surface area (Å²) in [4.78, 5) is 31.3.